The zero-order valence-electron chi connectivity index (χ0n) is 9.76. The highest BCUT2D eigenvalue weighted by Crippen LogP contribution is 2.19. The van der Waals surface area contributed by atoms with Gasteiger partial charge in [-0.15, -0.1) is 0 Å². The average Bonchev–Trinajstić information content (AvgIpc) is 2.22. The van der Waals surface area contributed by atoms with Crippen LogP contribution in [0.4, 0.5) is 8.78 Å². The van der Waals surface area contributed by atoms with E-state index in [0.29, 0.717) is 0 Å². The van der Waals surface area contributed by atoms with Crippen LogP contribution in [0.1, 0.15) is 20.8 Å². The van der Waals surface area contributed by atoms with E-state index in [4.69, 9.17) is 4.74 Å². The molecular formula is C12H17F2NO. The molecule has 2 unspecified atom stereocenters. The van der Waals surface area contributed by atoms with Crippen molar-refractivity contribution in [3.63, 3.8) is 0 Å². The molecule has 1 N–H and O–H groups in total. The summed E-state index contributed by atoms with van der Waals surface area (Å²) in [4.78, 5) is 0. The molecule has 0 amide bonds. The summed E-state index contributed by atoms with van der Waals surface area (Å²) in [6, 6.07) is 3.41. The zero-order chi connectivity index (χ0) is 12.1. The Balaban J connectivity index is 2.65. The number of nitrogens with one attached hydrogen (secondary N) is 1. The largest absolute Gasteiger partial charge is 0.486 e. The fourth-order valence-electron chi connectivity index (χ4n) is 1.36. The molecule has 1 aromatic rings. The van der Waals surface area contributed by atoms with Crippen molar-refractivity contribution in [2.75, 3.05) is 6.54 Å². The maximum Gasteiger partial charge on any atom is 0.167 e. The molecule has 0 saturated carbocycles. The number of halogens is 2. The minimum Gasteiger partial charge on any atom is -0.486 e. The van der Waals surface area contributed by atoms with Crippen LogP contribution < -0.4 is 10.1 Å². The third kappa shape index (κ3) is 3.45. The van der Waals surface area contributed by atoms with Gasteiger partial charge < -0.3 is 10.1 Å². The summed E-state index contributed by atoms with van der Waals surface area (Å²) in [5.74, 6) is -1.19. The van der Waals surface area contributed by atoms with E-state index < -0.39 is 11.6 Å². The van der Waals surface area contributed by atoms with Gasteiger partial charge >= 0.3 is 0 Å². The Morgan fingerprint density at radius 1 is 1.31 bits per heavy atom. The number of likely N-dealkylation sites (N-methyl/N-ethyl adjacent to an activating group) is 1. The van der Waals surface area contributed by atoms with Crippen molar-refractivity contribution in [3.05, 3.63) is 29.8 Å². The summed E-state index contributed by atoms with van der Waals surface area (Å²) in [5, 5.41) is 3.17. The van der Waals surface area contributed by atoms with Gasteiger partial charge in [-0.25, -0.2) is 8.78 Å². The zero-order valence-corrected chi connectivity index (χ0v) is 9.76. The summed E-state index contributed by atoms with van der Waals surface area (Å²) in [7, 11) is 0. The van der Waals surface area contributed by atoms with Crippen molar-refractivity contribution < 1.29 is 13.5 Å². The lowest BCUT2D eigenvalue weighted by Gasteiger charge is -2.22. The summed E-state index contributed by atoms with van der Waals surface area (Å²) in [5.41, 5.74) is 0. The Hall–Kier alpha value is -1.16. The lowest BCUT2D eigenvalue weighted by molar-refractivity contribution is 0.171. The Kier molecular flexibility index (Phi) is 4.68. The predicted octanol–water partition coefficient (Wildman–Crippen LogP) is 2.73. The van der Waals surface area contributed by atoms with Gasteiger partial charge in [0.15, 0.2) is 11.6 Å². The highest BCUT2D eigenvalue weighted by atomic mass is 19.1. The second-order valence-corrected chi connectivity index (χ2v) is 3.74. The van der Waals surface area contributed by atoms with E-state index >= 15 is 0 Å². The van der Waals surface area contributed by atoms with Gasteiger partial charge in [-0.2, -0.15) is 0 Å². The molecule has 0 aliphatic rings. The second-order valence-electron chi connectivity index (χ2n) is 3.74. The van der Waals surface area contributed by atoms with Crippen LogP contribution in [0, 0.1) is 11.6 Å². The molecule has 1 aromatic carbocycles. The van der Waals surface area contributed by atoms with Gasteiger partial charge in [0.25, 0.3) is 0 Å². The van der Waals surface area contributed by atoms with Gasteiger partial charge in [-0.05, 0) is 32.5 Å². The molecule has 0 bridgehead atoms. The molecule has 2 atom stereocenters. The Labute approximate surface area is 94.6 Å². The van der Waals surface area contributed by atoms with Crippen molar-refractivity contribution in [2.45, 2.75) is 32.9 Å². The summed E-state index contributed by atoms with van der Waals surface area (Å²) < 4.78 is 31.3. The lowest BCUT2D eigenvalue weighted by atomic mass is 10.2. The number of hydrogen-bond donors (Lipinski definition) is 1. The number of rotatable bonds is 5. The molecule has 0 spiro atoms. The first-order chi connectivity index (χ1) is 7.54. The molecule has 90 valence electrons. The van der Waals surface area contributed by atoms with Gasteiger partial charge in [0, 0.05) is 12.1 Å². The average molecular weight is 229 g/mol. The van der Waals surface area contributed by atoms with Crippen LogP contribution in [0.2, 0.25) is 0 Å². The van der Waals surface area contributed by atoms with Crippen molar-refractivity contribution >= 4 is 0 Å². The molecular weight excluding hydrogens is 212 g/mol. The Morgan fingerprint density at radius 2 is 2.00 bits per heavy atom. The molecule has 2 nitrogen and oxygen atoms in total. The first kappa shape index (κ1) is 12.9. The highest BCUT2D eigenvalue weighted by molar-refractivity contribution is 5.24. The van der Waals surface area contributed by atoms with Crippen LogP contribution in [-0.4, -0.2) is 18.7 Å². The van der Waals surface area contributed by atoms with Crippen LogP contribution in [-0.2, 0) is 0 Å². The highest BCUT2D eigenvalue weighted by Gasteiger charge is 2.14. The van der Waals surface area contributed by atoms with E-state index in [9.17, 15) is 8.78 Å². The summed E-state index contributed by atoms with van der Waals surface area (Å²) in [6.45, 7) is 6.61. The third-order valence-corrected chi connectivity index (χ3v) is 2.44. The van der Waals surface area contributed by atoms with Gasteiger partial charge in [-0.1, -0.05) is 6.92 Å². The normalized spacial score (nSPS) is 14.6. The topological polar surface area (TPSA) is 21.3 Å². The lowest BCUT2D eigenvalue weighted by Crippen LogP contribution is -2.38. The summed E-state index contributed by atoms with van der Waals surface area (Å²) >= 11 is 0. The van der Waals surface area contributed by atoms with E-state index in [2.05, 4.69) is 5.32 Å². The fraction of sp³-hybridized carbons (Fsp3) is 0.500. The Bertz CT molecular complexity index is 344. The molecule has 0 heterocycles. The third-order valence-electron chi connectivity index (χ3n) is 2.44. The maximum atomic E-state index is 13.3. The van der Waals surface area contributed by atoms with Crippen LogP contribution in [0.3, 0.4) is 0 Å². The number of ether oxygens (including phenoxy) is 1. The van der Waals surface area contributed by atoms with E-state index in [1.807, 2.05) is 20.8 Å². The number of benzene rings is 1. The van der Waals surface area contributed by atoms with Crippen LogP contribution in [0.5, 0.6) is 5.75 Å². The predicted molar refractivity (Wildman–Crippen MR) is 59.6 cm³/mol. The van der Waals surface area contributed by atoms with Crippen LogP contribution in [0.25, 0.3) is 0 Å². The molecule has 4 heteroatoms. The molecule has 0 radical (unpaired) electrons. The molecule has 0 aliphatic heterocycles. The van der Waals surface area contributed by atoms with Gasteiger partial charge in [0.05, 0.1) is 0 Å². The van der Waals surface area contributed by atoms with E-state index in [-0.39, 0.29) is 17.9 Å². The number of hydrogen-bond acceptors (Lipinski definition) is 2. The van der Waals surface area contributed by atoms with E-state index in [0.717, 1.165) is 12.6 Å². The molecule has 0 saturated heterocycles. The molecule has 0 fully saturated rings. The second kappa shape index (κ2) is 5.80. The molecule has 0 aromatic heterocycles. The SMILES string of the molecule is CCNC(C)C(C)Oc1ccc(F)cc1F. The maximum absolute atomic E-state index is 13.3. The van der Waals surface area contributed by atoms with E-state index in [1.54, 1.807) is 0 Å². The smallest absolute Gasteiger partial charge is 0.167 e. The minimum atomic E-state index is -0.671. The quantitative estimate of drug-likeness (QED) is 0.838. The van der Waals surface area contributed by atoms with Crippen molar-refractivity contribution in [3.8, 4) is 5.75 Å². The van der Waals surface area contributed by atoms with Crippen molar-refractivity contribution in [2.24, 2.45) is 0 Å². The molecule has 1 rings (SSSR count). The van der Waals surface area contributed by atoms with E-state index in [1.165, 1.54) is 12.1 Å². The minimum absolute atomic E-state index is 0.0821. The van der Waals surface area contributed by atoms with Gasteiger partial charge in [0.2, 0.25) is 0 Å². The van der Waals surface area contributed by atoms with Gasteiger partial charge in [-0.3, -0.25) is 0 Å². The standard InChI is InChI=1S/C12H17F2NO/c1-4-15-8(2)9(3)16-12-6-5-10(13)7-11(12)14/h5-9,15H,4H2,1-3H3. The first-order valence-electron chi connectivity index (χ1n) is 5.39. The molecule has 0 aliphatic carbocycles. The van der Waals surface area contributed by atoms with Crippen molar-refractivity contribution in [1.82, 2.24) is 5.32 Å². The Morgan fingerprint density at radius 3 is 2.56 bits per heavy atom. The molecule has 16 heavy (non-hydrogen) atoms. The van der Waals surface area contributed by atoms with Gasteiger partial charge in [0.1, 0.15) is 11.9 Å². The summed E-state index contributed by atoms with van der Waals surface area (Å²) in [6.07, 6.45) is -0.181. The van der Waals surface area contributed by atoms with Crippen molar-refractivity contribution in [1.29, 1.82) is 0 Å². The first-order valence-corrected chi connectivity index (χ1v) is 5.39. The monoisotopic (exact) mass is 229 g/mol. The van der Waals surface area contributed by atoms with Crippen LogP contribution >= 0.6 is 0 Å². The van der Waals surface area contributed by atoms with Crippen LogP contribution in [0.15, 0.2) is 18.2 Å². The fourth-order valence-corrected chi connectivity index (χ4v) is 1.36.